The number of ether oxygens (including phenoxy) is 2. The summed E-state index contributed by atoms with van der Waals surface area (Å²) in [6.07, 6.45) is -4.80. The highest BCUT2D eigenvalue weighted by molar-refractivity contribution is 14.1. The van der Waals surface area contributed by atoms with Crippen LogP contribution in [0.3, 0.4) is 0 Å². The van der Waals surface area contributed by atoms with E-state index >= 15 is 0 Å². The molecule has 1 rings (SSSR count). The molecule has 0 spiro atoms. The first-order chi connectivity index (χ1) is 6.61. The van der Waals surface area contributed by atoms with E-state index in [9.17, 15) is 15.3 Å². The van der Waals surface area contributed by atoms with Crippen molar-refractivity contribution in [2.24, 2.45) is 0 Å². The Morgan fingerprint density at radius 3 is 2.36 bits per heavy atom. The van der Waals surface area contributed by atoms with Gasteiger partial charge in [-0.1, -0.05) is 22.6 Å². The van der Waals surface area contributed by atoms with Gasteiger partial charge in [-0.15, -0.1) is 0 Å². The van der Waals surface area contributed by atoms with Gasteiger partial charge in [-0.2, -0.15) is 0 Å². The van der Waals surface area contributed by atoms with E-state index < -0.39 is 30.7 Å². The molecule has 5 atom stereocenters. The molecule has 1 aliphatic heterocycles. The molecule has 0 aromatic heterocycles. The fourth-order valence-corrected chi connectivity index (χ4v) is 2.07. The van der Waals surface area contributed by atoms with Crippen molar-refractivity contribution in [3.05, 3.63) is 0 Å². The maximum Gasteiger partial charge on any atom is 0.186 e. The van der Waals surface area contributed by atoms with Gasteiger partial charge in [-0.05, 0) is 6.92 Å². The zero-order valence-electron chi connectivity index (χ0n) is 7.84. The highest BCUT2D eigenvalue weighted by Gasteiger charge is 2.43. The third-order valence-corrected chi connectivity index (χ3v) is 3.02. The van der Waals surface area contributed by atoms with Crippen LogP contribution in [0.25, 0.3) is 0 Å². The summed E-state index contributed by atoms with van der Waals surface area (Å²) in [4.78, 5) is 0. The fourth-order valence-electron chi connectivity index (χ4n) is 1.35. The molecule has 84 valence electrons. The van der Waals surface area contributed by atoms with E-state index in [-0.39, 0.29) is 0 Å². The van der Waals surface area contributed by atoms with Gasteiger partial charge in [0.25, 0.3) is 0 Å². The molecule has 1 fully saturated rings. The molecule has 0 saturated carbocycles. The minimum absolute atomic E-state index is 0.387. The van der Waals surface area contributed by atoms with Gasteiger partial charge in [0.05, 0.1) is 6.10 Å². The van der Waals surface area contributed by atoms with E-state index in [1.165, 1.54) is 0 Å². The quantitative estimate of drug-likeness (QED) is 0.473. The number of rotatable bonds is 3. The molecule has 3 N–H and O–H groups in total. The maximum absolute atomic E-state index is 9.50. The Balaban J connectivity index is 2.63. The Bertz CT molecular complexity index is 175. The summed E-state index contributed by atoms with van der Waals surface area (Å²) in [5, 5.41) is 28.5. The monoisotopic (exact) mass is 314 g/mol. The standard InChI is InChI=1S/C8H15IO5/c1-2-13-8-7(12)6(11)5(10)4(3-9)14-8/h4-8,10-12H,2-3H2,1H3/t4-,5+,6+,7-,8?/m1/s1/i9-4. The molecule has 6 heteroatoms. The summed E-state index contributed by atoms with van der Waals surface area (Å²) < 4.78 is 10.9. The number of hydrogen-bond acceptors (Lipinski definition) is 5. The number of aliphatic hydroxyl groups excluding tert-OH is 3. The molecule has 14 heavy (non-hydrogen) atoms. The van der Waals surface area contributed by atoms with Gasteiger partial charge in [0.1, 0.15) is 18.3 Å². The van der Waals surface area contributed by atoms with Crippen LogP contribution in [0.4, 0.5) is 0 Å². The molecule has 5 nitrogen and oxygen atoms in total. The third-order valence-electron chi connectivity index (χ3n) is 2.15. The average molecular weight is 314 g/mol. The van der Waals surface area contributed by atoms with Crippen molar-refractivity contribution in [3.8, 4) is 0 Å². The van der Waals surface area contributed by atoms with Crippen molar-refractivity contribution < 1.29 is 24.8 Å². The average Bonchev–Trinajstić information content (AvgIpc) is 2.19. The predicted molar refractivity (Wildman–Crippen MR) is 57.2 cm³/mol. The molecule has 0 aromatic carbocycles. The van der Waals surface area contributed by atoms with E-state index in [0.717, 1.165) is 0 Å². The highest BCUT2D eigenvalue weighted by Crippen LogP contribution is 2.23. The Morgan fingerprint density at radius 1 is 1.21 bits per heavy atom. The molecule has 0 amide bonds. The van der Waals surface area contributed by atoms with Crippen molar-refractivity contribution in [1.29, 1.82) is 0 Å². The number of hydrogen-bond donors (Lipinski definition) is 3. The second-order valence-electron chi connectivity index (χ2n) is 3.12. The summed E-state index contributed by atoms with van der Waals surface area (Å²) in [6, 6.07) is 0. The lowest BCUT2D eigenvalue weighted by atomic mass is 10.0. The van der Waals surface area contributed by atoms with Gasteiger partial charge in [-0.3, -0.25) is 0 Å². The van der Waals surface area contributed by atoms with Crippen molar-refractivity contribution in [3.63, 3.8) is 0 Å². The Morgan fingerprint density at radius 2 is 1.86 bits per heavy atom. The number of aliphatic hydroxyl groups is 3. The smallest absolute Gasteiger partial charge is 0.186 e. The molecule has 0 aliphatic carbocycles. The predicted octanol–water partition coefficient (Wildman–Crippen LogP) is -0.734. The Labute approximate surface area is 96.2 Å². The minimum Gasteiger partial charge on any atom is -0.388 e. The SMILES string of the molecule is CCOC1O[C@H](C[123I])[C@H](O)[C@H](O)[C@H]1O. The topological polar surface area (TPSA) is 79.2 Å². The highest BCUT2D eigenvalue weighted by atomic mass is 123. The summed E-state index contributed by atoms with van der Waals surface area (Å²) >= 11 is 2.04. The van der Waals surface area contributed by atoms with E-state index in [2.05, 4.69) is 0 Å². The second kappa shape index (κ2) is 5.57. The van der Waals surface area contributed by atoms with Crippen LogP contribution < -0.4 is 0 Å². The second-order valence-corrected chi connectivity index (χ2v) is 4.01. The van der Waals surface area contributed by atoms with E-state index in [4.69, 9.17) is 9.47 Å². The summed E-state index contributed by atoms with van der Waals surface area (Å²) in [5.41, 5.74) is 0. The van der Waals surface area contributed by atoms with E-state index in [1.54, 1.807) is 6.92 Å². The van der Waals surface area contributed by atoms with Gasteiger partial charge < -0.3 is 24.8 Å². The summed E-state index contributed by atoms with van der Waals surface area (Å²) in [6.45, 7) is 2.16. The molecular weight excluding hydrogens is 299 g/mol. The first-order valence-electron chi connectivity index (χ1n) is 4.49. The lowest BCUT2D eigenvalue weighted by Gasteiger charge is -2.39. The Hall–Kier alpha value is 0.530. The zero-order valence-corrected chi connectivity index (χ0v) is 9.99. The van der Waals surface area contributed by atoms with Crippen LogP contribution in [0.2, 0.25) is 0 Å². The van der Waals surface area contributed by atoms with Crippen molar-refractivity contribution in [2.45, 2.75) is 37.6 Å². The van der Waals surface area contributed by atoms with Gasteiger partial charge >= 0.3 is 0 Å². The Kier molecular flexibility index (Phi) is 5.01. The number of alkyl halides is 1. The van der Waals surface area contributed by atoms with Crippen molar-refractivity contribution in [1.82, 2.24) is 0 Å². The lowest BCUT2D eigenvalue weighted by Crippen LogP contribution is -2.58. The van der Waals surface area contributed by atoms with Gasteiger partial charge in [0.2, 0.25) is 0 Å². The van der Waals surface area contributed by atoms with Crippen LogP contribution >= 0.6 is 22.6 Å². The maximum atomic E-state index is 9.50. The van der Waals surface area contributed by atoms with Crippen LogP contribution in [0, 0.1) is 0 Å². The van der Waals surface area contributed by atoms with Crippen LogP contribution in [0.15, 0.2) is 0 Å². The molecule has 1 saturated heterocycles. The van der Waals surface area contributed by atoms with Crippen molar-refractivity contribution >= 4 is 22.6 Å². The molecule has 0 aromatic rings. The van der Waals surface area contributed by atoms with E-state index in [1.807, 2.05) is 22.6 Å². The van der Waals surface area contributed by atoms with Crippen LogP contribution in [0.5, 0.6) is 0 Å². The van der Waals surface area contributed by atoms with Crippen molar-refractivity contribution in [2.75, 3.05) is 11.0 Å². The van der Waals surface area contributed by atoms with Gasteiger partial charge in [0, 0.05) is 11.0 Å². The summed E-state index contributed by atoms with van der Waals surface area (Å²) in [5.74, 6) is 0. The first-order valence-corrected chi connectivity index (χ1v) is 6.01. The fraction of sp³-hybridized carbons (Fsp3) is 1.00. The molecule has 1 unspecified atom stereocenters. The van der Waals surface area contributed by atoms with Gasteiger partial charge in [-0.25, -0.2) is 0 Å². The number of halogens is 1. The van der Waals surface area contributed by atoms with Crippen LogP contribution in [0.1, 0.15) is 6.92 Å². The van der Waals surface area contributed by atoms with Crippen LogP contribution in [-0.4, -0.2) is 57.1 Å². The minimum atomic E-state index is -1.21. The molecule has 1 aliphatic rings. The molecular formula is C8H15IO5. The first kappa shape index (κ1) is 12.6. The van der Waals surface area contributed by atoms with Gasteiger partial charge in [0.15, 0.2) is 6.29 Å². The molecule has 0 radical (unpaired) electrons. The summed E-state index contributed by atoms with van der Waals surface area (Å²) in [7, 11) is 0. The van der Waals surface area contributed by atoms with Crippen LogP contribution in [-0.2, 0) is 9.47 Å². The molecule has 0 bridgehead atoms. The molecule has 1 heterocycles. The zero-order chi connectivity index (χ0) is 10.7. The normalized spacial score (nSPS) is 43.9. The lowest BCUT2D eigenvalue weighted by molar-refractivity contribution is -0.290. The van der Waals surface area contributed by atoms with E-state index in [0.29, 0.717) is 11.0 Å². The third kappa shape index (κ3) is 2.56. The largest absolute Gasteiger partial charge is 0.388 e.